The predicted molar refractivity (Wildman–Crippen MR) is 95.1 cm³/mol. The summed E-state index contributed by atoms with van der Waals surface area (Å²) >= 11 is 0. The number of pyridine rings is 1. The van der Waals surface area contributed by atoms with Crippen molar-refractivity contribution in [1.29, 1.82) is 0 Å². The molecule has 0 fully saturated rings. The van der Waals surface area contributed by atoms with Crippen LogP contribution in [-0.2, 0) is 19.8 Å². The summed E-state index contributed by atoms with van der Waals surface area (Å²) in [7, 11) is 1.85. The van der Waals surface area contributed by atoms with E-state index in [1.165, 1.54) is 12.1 Å². The molecular formula is C19H19F3N4O. The van der Waals surface area contributed by atoms with Crippen LogP contribution < -0.4 is 10.1 Å². The fourth-order valence-electron chi connectivity index (χ4n) is 2.65. The summed E-state index contributed by atoms with van der Waals surface area (Å²) in [6.07, 6.45) is 0.978. The second kappa shape index (κ2) is 8.22. The Morgan fingerprint density at radius 2 is 1.93 bits per heavy atom. The standard InChI is InChI=1S/C19H19F3N4O/c1-26-13-15(18(25-26)14-5-7-23-8-6-14)12-24-9-10-27-17-4-2-3-16(11-17)19(20,21)22/h2-8,11,13,24H,9-10,12H2,1H3. The van der Waals surface area contributed by atoms with Gasteiger partial charge in [-0.1, -0.05) is 6.07 Å². The van der Waals surface area contributed by atoms with Gasteiger partial charge in [0.25, 0.3) is 0 Å². The molecule has 0 saturated heterocycles. The SMILES string of the molecule is Cn1cc(CNCCOc2cccc(C(F)(F)F)c2)c(-c2ccncc2)n1. The van der Waals surface area contributed by atoms with Gasteiger partial charge < -0.3 is 10.1 Å². The highest BCUT2D eigenvalue weighted by Gasteiger charge is 2.30. The van der Waals surface area contributed by atoms with Crippen molar-refractivity contribution in [3.8, 4) is 17.0 Å². The molecule has 0 spiro atoms. The average molecular weight is 376 g/mol. The number of aryl methyl sites for hydroxylation is 1. The highest BCUT2D eigenvalue weighted by atomic mass is 19.4. The van der Waals surface area contributed by atoms with Gasteiger partial charge >= 0.3 is 6.18 Å². The van der Waals surface area contributed by atoms with E-state index in [9.17, 15) is 13.2 Å². The number of alkyl halides is 3. The first kappa shape index (κ1) is 18.9. The molecule has 0 bridgehead atoms. The number of nitrogens with one attached hydrogen (secondary N) is 1. The third kappa shape index (κ3) is 5.07. The lowest BCUT2D eigenvalue weighted by atomic mass is 10.1. The molecule has 2 aromatic heterocycles. The van der Waals surface area contributed by atoms with Gasteiger partial charge in [-0.3, -0.25) is 9.67 Å². The minimum atomic E-state index is -4.37. The van der Waals surface area contributed by atoms with E-state index < -0.39 is 11.7 Å². The Morgan fingerprint density at radius 3 is 2.67 bits per heavy atom. The van der Waals surface area contributed by atoms with Crippen molar-refractivity contribution in [3.63, 3.8) is 0 Å². The van der Waals surface area contributed by atoms with Crippen LogP contribution in [0.4, 0.5) is 13.2 Å². The highest BCUT2D eigenvalue weighted by molar-refractivity contribution is 5.61. The van der Waals surface area contributed by atoms with Crippen LogP contribution in [-0.4, -0.2) is 27.9 Å². The number of hydrogen-bond acceptors (Lipinski definition) is 4. The highest BCUT2D eigenvalue weighted by Crippen LogP contribution is 2.31. The number of benzene rings is 1. The van der Waals surface area contributed by atoms with Crippen LogP contribution >= 0.6 is 0 Å². The van der Waals surface area contributed by atoms with Crippen molar-refractivity contribution in [2.75, 3.05) is 13.2 Å². The summed E-state index contributed by atoms with van der Waals surface area (Å²) in [5.74, 6) is 0.200. The molecular weight excluding hydrogens is 357 g/mol. The quantitative estimate of drug-likeness (QED) is 0.640. The number of aromatic nitrogens is 3. The third-order valence-corrected chi connectivity index (χ3v) is 3.88. The van der Waals surface area contributed by atoms with E-state index in [0.29, 0.717) is 13.1 Å². The van der Waals surface area contributed by atoms with Gasteiger partial charge in [-0.05, 0) is 30.3 Å². The minimum Gasteiger partial charge on any atom is -0.492 e. The van der Waals surface area contributed by atoms with E-state index in [4.69, 9.17) is 4.74 Å². The van der Waals surface area contributed by atoms with Crippen LogP contribution in [0.3, 0.4) is 0 Å². The second-order valence-corrected chi connectivity index (χ2v) is 5.96. The van der Waals surface area contributed by atoms with Crippen molar-refractivity contribution in [2.45, 2.75) is 12.7 Å². The normalized spacial score (nSPS) is 11.6. The Morgan fingerprint density at radius 1 is 1.15 bits per heavy atom. The molecule has 0 unspecified atom stereocenters. The zero-order chi connectivity index (χ0) is 19.3. The molecule has 0 amide bonds. The van der Waals surface area contributed by atoms with Gasteiger partial charge in [0, 0.05) is 49.9 Å². The summed E-state index contributed by atoms with van der Waals surface area (Å²) < 4.78 is 45.2. The van der Waals surface area contributed by atoms with Crippen molar-refractivity contribution in [3.05, 3.63) is 66.1 Å². The molecule has 1 N–H and O–H groups in total. The van der Waals surface area contributed by atoms with Gasteiger partial charge in [0.15, 0.2) is 0 Å². The summed E-state index contributed by atoms with van der Waals surface area (Å²) in [6, 6.07) is 8.65. The predicted octanol–water partition coefficient (Wildman–Crippen LogP) is 3.67. The maximum atomic E-state index is 12.7. The van der Waals surface area contributed by atoms with Crippen LogP contribution in [0, 0.1) is 0 Å². The van der Waals surface area contributed by atoms with Gasteiger partial charge in [-0.25, -0.2) is 0 Å². The smallest absolute Gasteiger partial charge is 0.416 e. The second-order valence-electron chi connectivity index (χ2n) is 5.96. The Balaban J connectivity index is 1.52. The van der Waals surface area contributed by atoms with Gasteiger partial charge in [0.05, 0.1) is 11.3 Å². The molecule has 142 valence electrons. The average Bonchev–Trinajstić information content (AvgIpc) is 3.02. The lowest BCUT2D eigenvalue weighted by molar-refractivity contribution is -0.137. The monoisotopic (exact) mass is 376 g/mol. The van der Waals surface area contributed by atoms with Crippen molar-refractivity contribution in [2.24, 2.45) is 7.05 Å². The van der Waals surface area contributed by atoms with Crippen molar-refractivity contribution in [1.82, 2.24) is 20.1 Å². The number of hydrogen-bond donors (Lipinski definition) is 1. The van der Waals surface area contributed by atoms with Crippen molar-refractivity contribution < 1.29 is 17.9 Å². The molecule has 2 heterocycles. The summed E-state index contributed by atoms with van der Waals surface area (Å²) in [4.78, 5) is 4.01. The van der Waals surface area contributed by atoms with E-state index in [1.807, 2.05) is 25.4 Å². The molecule has 8 heteroatoms. The number of rotatable bonds is 7. The fourth-order valence-corrected chi connectivity index (χ4v) is 2.65. The Kier molecular flexibility index (Phi) is 5.75. The van der Waals surface area contributed by atoms with Crippen LogP contribution in [0.2, 0.25) is 0 Å². The van der Waals surface area contributed by atoms with Gasteiger partial charge in [0.2, 0.25) is 0 Å². The van der Waals surface area contributed by atoms with E-state index >= 15 is 0 Å². The molecule has 1 aromatic carbocycles. The minimum absolute atomic E-state index is 0.200. The molecule has 0 aliphatic rings. The van der Waals surface area contributed by atoms with E-state index in [1.54, 1.807) is 17.1 Å². The zero-order valence-electron chi connectivity index (χ0n) is 14.7. The Bertz CT molecular complexity index is 878. The lowest BCUT2D eigenvalue weighted by Gasteiger charge is -2.10. The number of nitrogens with zero attached hydrogens (tertiary/aromatic N) is 3. The Hall–Kier alpha value is -2.87. The van der Waals surface area contributed by atoms with E-state index in [-0.39, 0.29) is 12.4 Å². The molecule has 3 rings (SSSR count). The Labute approximate surface area is 154 Å². The summed E-state index contributed by atoms with van der Waals surface area (Å²) in [5, 5.41) is 7.70. The van der Waals surface area contributed by atoms with Crippen LogP contribution in [0.1, 0.15) is 11.1 Å². The molecule has 27 heavy (non-hydrogen) atoms. The largest absolute Gasteiger partial charge is 0.492 e. The topological polar surface area (TPSA) is 52.0 Å². The summed E-state index contributed by atoms with van der Waals surface area (Å²) in [6.45, 7) is 1.31. The molecule has 0 saturated carbocycles. The van der Waals surface area contributed by atoms with Crippen molar-refractivity contribution >= 4 is 0 Å². The van der Waals surface area contributed by atoms with Crippen LogP contribution in [0.15, 0.2) is 55.0 Å². The van der Waals surface area contributed by atoms with Crippen LogP contribution in [0.25, 0.3) is 11.3 Å². The third-order valence-electron chi connectivity index (χ3n) is 3.88. The number of halogens is 3. The lowest BCUT2D eigenvalue weighted by Crippen LogP contribution is -2.20. The fraction of sp³-hybridized carbons (Fsp3) is 0.263. The number of ether oxygens (including phenoxy) is 1. The van der Waals surface area contributed by atoms with Crippen LogP contribution in [0.5, 0.6) is 5.75 Å². The van der Waals surface area contributed by atoms with Gasteiger partial charge in [-0.15, -0.1) is 0 Å². The molecule has 5 nitrogen and oxygen atoms in total. The first-order valence-electron chi connectivity index (χ1n) is 8.37. The van der Waals surface area contributed by atoms with E-state index in [0.717, 1.165) is 29.0 Å². The molecule has 0 aliphatic heterocycles. The van der Waals surface area contributed by atoms with E-state index in [2.05, 4.69) is 15.4 Å². The molecule has 0 atom stereocenters. The van der Waals surface area contributed by atoms with Gasteiger partial charge in [0.1, 0.15) is 12.4 Å². The molecule has 3 aromatic rings. The maximum absolute atomic E-state index is 12.7. The zero-order valence-corrected chi connectivity index (χ0v) is 14.7. The summed E-state index contributed by atoms with van der Waals surface area (Å²) in [5.41, 5.74) is 2.14. The molecule has 0 aliphatic carbocycles. The first-order chi connectivity index (χ1) is 12.9. The van der Waals surface area contributed by atoms with Gasteiger partial charge in [-0.2, -0.15) is 18.3 Å². The maximum Gasteiger partial charge on any atom is 0.416 e. The molecule has 0 radical (unpaired) electrons. The first-order valence-corrected chi connectivity index (χ1v) is 8.37.